The van der Waals surface area contributed by atoms with Crippen molar-refractivity contribution in [1.82, 2.24) is 0 Å². The van der Waals surface area contributed by atoms with Crippen molar-refractivity contribution in [2.45, 2.75) is 97.3 Å². The fourth-order valence-electron chi connectivity index (χ4n) is 2.69. The molecule has 0 fully saturated rings. The van der Waals surface area contributed by atoms with Gasteiger partial charge in [0.05, 0.1) is 5.57 Å². The highest BCUT2D eigenvalue weighted by Gasteiger charge is 2.21. The van der Waals surface area contributed by atoms with Gasteiger partial charge in [0.25, 0.3) is 0 Å². The molecule has 0 aliphatic heterocycles. The summed E-state index contributed by atoms with van der Waals surface area (Å²) in [7, 11) is -4.72. The van der Waals surface area contributed by atoms with Crippen LogP contribution in [-0.4, -0.2) is 20.9 Å². The van der Waals surface area contributed by atoms with Crippen molar-refractivity contribution in [3.05, 3.63) is 11.3 Å². The van der Waals surface area contributed by atoms with Gasteiger partial charge in [-0.15, -0.1) is 0 Å². The lowest BCUT2D eigenvalue weighted by Gasteiger charge is -2.12. The Hall–Kier alpha value is -0.840. The zero-order valence-electron chi connectivity index (χ0n) is 15.7. The third kappa shape index (κ3) is 15.2. The van der Waals surface area contributed by atoms with Crippen LogP contribution in [0.5, 0.6) is 0 Å². The van der Waals surface area contributed by atoms with Crippen LogP contribution in [0.15, 0.2) is 11.3 Å². The van der Waals surface area contributed by atoms with Gasteiger partial charge in [0, 0.05) is 6.42 Å². The molecule has 6 nitrogen and oxygen atoms in total. The van der Waals surface area contributed by atoms with E-state index in [4.69, 9.17) is 14.9 Å². The van der Waals surface area contributed by atoms with Gasteiger partial charge in [0.15, 0.2) is 0 Å². The van der Waals surface area contributed by atoms with Crippen molar-refractivity contribution in [2.75, 3.05) is 0 Å². The first-order chi connectivity index (χ1) is 11.8. The molecule has 7 heteroatoms. The van der Waals surface area contributed by atoms with Crippen molar-refractivity contribution < 1.29 is 28.8 Å². The molecule has 0 amide bonds. The summed E-state index contributed by atoms with van der Waals surface area (Å²) in [6, 6.07) is 0. The third-order valence-electron chi connectivity index (χ3n) is 4.23. The molecule has 0 spiro atoms. The van der Waals surface area contributed by atoms with Crippen molar-refractivity contribution in [2.24, 2.45) is 0 Å². The number of carboxylic acids is 1. The highest BCUT2D eigenvalue weighted by atomic mass is 31.2. The number of unbranched alkanes of at least 4 members (excludes halogenated alkanes) is 11. The van der Waals surface area contributed by atoms with Gasteiger partial charge in [-0.05, 0) is 13.3 Å². The largest absolute Gasteiger partial charge is 0.524 e. The van der Waals surface area contributed by atoms with Crippen molar-refractivity contribution in [3.8, 4) is 0 Å². The number of carbonyl (C=O) groups is 1. The van der Waals surface area contributed by atoms with Crippen molar-refractivity contribution in [1.29, 1.82) is 0 Å². The standard InChI is InChI=1S/C18H35O6P/c1-3-4-5-6-7-8-9-10-11-12-13-14-15-17(16(2)18(19)20)24-25(21,22)23/h3-15H2,1-2H3,(H,19,20)(H2,21,22,23). The smallest absolute Gasteiger partial charge is 0.478 e. The molecule has 3 N–H and O–H groups in total. The van der Waals surface area contributed by atoms with Crippen LogP contribution in [0.3, 0.4) is 0 Å². The quantitative estimate of drug-likeness (QED) is 0.141. The molecule has 0 bridgehead atoms. The molecule has 148 valence electrons. The van der Waals surface area contributed by atoms with Gasteiger partial charge in [-0.3, -0.25) is 9.79 Å². The number of phosphoric acid groups is 1. The lowest BCUT2D eigenvalue weighted by atomic mass is 10.0. The van der Waals surface area contributed by atoms with Crippen LogP contribution in [0.25, 0.3) is 0 Å². The van der Waals surface area contributed by atoms with Crippen LogP contribution >= 0.6 is 7.82 Å². The van der Waals surface area contributed by atoms with E-state index in [1.54, 1.807) is 0 Å². The summed E-state index contributed by atoms with van der Waals surface area (Å²) in [5, 5.41) is 8.95. The van der Waals surface area contributed by atoms with Crippen LogP contribution in [0.2, 0.25) is 0 Å². The summed E-state index contributed by atoms with van der Waals surface area (Å²) in [5.74, 6) is -1.34. The second-order valence-corrected chi connectivity index (χ2v) is 7.74. The van der Waals surface area contributed by atoms with Gasteiger partial charge in [0.2, 0.25) is 0 Å². The Morgan fingerprint density at radius 1 is 0.840 bits per heavy atom. The second-order valence-electron chi connectivity index (χ2n) is 6.57. The topological polar surface area (TPSA) is 104 Å². The number of hydrogen-bond donors (Lipinski definition) is 3. The molecule has 25 heavy (non-hydrogen) atoms. The number of rotatable bonds is 16. The van der Waals surface area contributed by atoms with E-state index in [2.05, 4.69) is 11.4 Å². The Morgan fingerprint density at radius 3 is 1.60 bits per heavy atom. The average molecular weight is 378 g/mol. The summed E-state index contributed by atoms with van der Waals surface area (Å²) >= 11 is 0. The van der Waals surface area contributed by atoms with E-state index >= 15 is 0 Å². The molecule has 0 aliphatic rings. The number of carboxylic acid groups (broad SMARTS) is 1. The lowest BCUT2D eigenvalue weighted by Crippen LogP contribution is -2.04. The van der Waals surface area contributed by atoms with E-state index < -0.39 is 13.8 Å². The molecule has 0 heterocycles. The molecule has 0 unspecified atom stereocenters. The molecule has 0 aliphatic carbocycles. The minimum atomic E-state index is -4.72. The molecule has 0 atom stereocenters. The Kier molecular flexibility index (Phi) is 13.9. The SMILES string of the molecule is CCCCCCCCCCCCCCC(OP(=O)(O)O)=C(C)C(=O)O. The van der Waals surface area contributed by atoms with Crippen LogP contribution < -0.4 is 0 Å². The number of aliphatic carboxylic acids is 1. The molecule has 0 aromatic heterocycles. The Labute approximate surface area is 151 Å². The van der Waals surface area contributed by atoms with E-state index in [-0.39, 0.29) is 17.8 Å². The first kappa shape index (κ1) is 24.2. The third-order valence-corrected chi connectivity index (χ3v) is 4.68. The second kappa shape index (κ2) is 14.3. The summed E-state index contributed by atoms with van der Waals surface area (Å²) in [6.45, 7) is 3.52. The zero-order chi connectivity index (χ0) is 19.1. The predicted molar refractivity (Wildman–Crippen MR) is 99.2 cm³/mol. The van der Waals surface area contributed by atoms with Gasteiger partial charge in [-0.2, -0.15) is 0 Å². The number of phosphoric ester groups is 1. The molecule has 0 aromatic carbocycles. The molecule has 0 saturated carbocycles. The van der Waals surface area contributed by atoms with Gasteiger partial charge in [-0.1, -0.05) is 77.6 Å². The normalized spacial score (nSPS) is 12.8. The Morgan fingerprint density at radius 2 is 1.24 bits per heavy atom. The molecule has 0 rings (SSSR count). The van der Waals surface area contributed by atoms with E-state index in [0.717, 1.165) is 19.3 Å². The van der Waals surface area contributed by atoms with E-state index in [1.807, 2.05) is 0 Å². The minimum Gasteiger partial charge on any atom is -0.478 e. The molecule has 0 aromatic rings. The number of allylic oxidation sites excluding steroid dienone is 1. The van der Waals surface area contributed by atoms with Gasteiger partial charge in [0.1, 0.15) is 5.76 Å². The van der Waals surface area contributed by atoms with Crippen LogP contribution in [0.1, 0.15) is 97.3 Å². The van der Waals surface area contributed by atoms with Crippen LogP contribution in [-0.2, 0) is 13.9 Å². The maximum atomic E-state index is 11.0. The van der Waals surface area contributed by atoms with E-state index in [0.29, 0.717) is 6.42 Å². The van der Waals surface area contributed by atoms with Crippen LogP contribution in [0.4, 0.5) is 0 Å². The summed E-state index contributed by atoms with van der Waals surface area (Å²) in [5.41, 5.74) is -0.147. The molecule has 0 saturated heterocycles. The highest BCUT2D eigenvalue weighted by Crippen LogP contribution is 2.41. The van der Waals surface area contributed by atoms with E-state index in [1.165, 1.54) is 58.3 Å². The lowest BCUT2D eigenvalue weighted by molar-refractivity contribution is -0.132. The first-order valence-corrected chi connectivity index (χ1v) is 11.0. The van der Waals surface area contributed by atoms with E-state index in [9.17, 15) is 9.36 Å². The molecular weight excluding hydrogens is 343 g/mol. The monoisotopic (exact) mass is 378 g/mol. The predicted octanol–water partition coefficient (Wildman–Crippen LogP) is 5.55. The molecule has 0 radical (unpaired) electrons. The fourth-order valence-corrected chi connectivity index (χ4v) is 3.21. The van der Waals surface area contributed by atoms with Crippen molar-refractivity contribution in [3.63, 3.8) is 0 Å². The van der Waals surface area contributed by atoms with Crippen molar-refractivity contribution >= 4 is 13.8 Å². The first-order valence-electron chi connectivity index (χ1n) is 9.46. The Bertz CT molecular complexity index is 441. The fraction of sp³-hybridized carbons (Fsp3) is 0.833. The van der Waals surface area contributed by atoms with Crippen LogP contribution in [0, 0.1) is 0 Å². The maximum Gasteiger partial charge on any atom is 0.524 e. The Balaban J connectivity index is 3.81. The van der Waals surface area contributed by atoms with Gasteiger partial charge in [-0.25, -0.2) is 9.36 Å². The summed E-state index contributed by atoms with van der Waals surface area (Å²) in [6.07, 6.45) is 14.4. The van der Waals surface area contributed by atoms with Gasteiger partial charge >= 0.3 is 13.8 Å². The summed E-state index contributed by atoms with van der Waals surface area (Å²) < 4.78 is 15.5. The minimum absolute atomic E-state index is 0.118. The molecular formula is C18H35O6P. The maximum absolute atomic E-state index is 11.0. The average Bonchev–Trinajstić information content (AvgIpc) is 2.52. The summed E-state index contributed by atoms with van der Waals surface area (Å²) in [4.78, 5) is 28.7. The highest BCUT2D eigenvalue weighted by molar-refractivity contribution is 7.46. The number of hydrogen-bond acceptors (Lipinski definition) is 3. The zero-order valence-corrected chi connectivity index (χ0v) is 16.6. The van der Waals surface area contributed by atoms with Gasteiger partial charge < -0.3 is 9.63 Å².